The maximum absolute atomic E-state index is 12.7. The second-order valence-electron chi connectivity index (χ2n) is 3.78. The Morgan fingerprint density at radius 2 is 2.11 bits per heavy atom. The van der Waals surface area contributed by atoms with Crippen molar-refractivity contribution in [2.24, 2.45) is 5.73 Å². The van der Waals surface area contributed by atoms with E-state index in [1.54, 1.807) is 0 Å². The average Bonchev–Trinajstić information content (AvgIpc) is 2.73. The van der Waals surface area contributed by atoms with Crippen molar-refractivity contribution in [3.05, 3.63) is 42.1 Å². The van der Waals surface area contributed by atoms with E-state index in [2.05, 4.69) is 4.98 Å². The van der Waals surface area contributed by atoms with Crippen LogP contribution >= 0.6 is 0 Å². The van der Waals surface area contributed by atoms with Gasteiger partial charge in [-0.2, -0.15) is 0 Å². The highest BCUT2D eigenvalue weighted by Crippen LogP contribution is 2.14. The highest BCUT2D eigenvalue weighted by atomic mass is 19.1. The average molecular weight is 265 g/mol. The number of nitrogens with zero attached hydrogens (tertiary/aromatic N) is 2. The quantitative estimate of drug-likeness (QED) is 0.840. The van der Waals surface area contributed by atoms with E-state index in [-0.39, 0.29) is 24.7 Å². The highest BCUT2D eigenvalue weighted by Gasteiger charge is 2.15. The van der Waals surface area contributed by atoms with Crippen molar-refractivity contribution >= 4 is 5.91 Å². The molecular weight excluding hydrogens is 253 g/mol. The summed E-state index contributed by atoms with van der Waals surface area (Å²) in [5.41, 5.74) is 5.05. The number of imidazole rings is 1. The molecule has 1 aromatic heterocycles. The normalized spacial score (nSPS) is 10.4. The first kappa shape index (κ1) is 12.9. The summed E-state index contributed by atoms with van der Waals surface area (Å²) >= 11 is 0. The van der Waals surface area contributed by atoms with Crippen molar-refractivity contribution in [1.82, 2.24) is 9.55 Å². The van der Waals surface area contributed by atoms with Crippen LogP contribution in [0.4, 0.5) is 4.39 Å². The summed E-state index contributed by atoms with van der Waals surface area (Å²) in [4.78, 5) is 14.7. The standard InChI is InChI=1S/C12H12FN3O3/c13-8-1-3-9(4-2-8)19-6-5-16-7-15-12(18)10(16)11(14)17/h1-4,7,18H,5-6H2,(H2,14,17). The lowest BCUT2D eigenvalue weighted by Crippen LogP contribution is -2.19. The van der Waals surface area contributed by atoms with Gasteiger partial charge < -0.3 is 20.1 Å². The van der Waals surface area contributed by atoms with Crippen LogP contribution in [-0.4, -0.2) is 27.2 Å². The molecule has 6 nitrogen and oxygen atoms in total. The predicted octanol–water partition coefficient (Wildman–Crippen LogP) is 0.906. The Morgan fingerprint density at radius 1 is 1.42 bits per heavy atom. The minimum Gasteiger partial charge on any atom is -0.492 e. The molecular formula is C12H12FN3O3. The summed E-state index contributed by atoms with van der Waals surface area (Å²) in [6, 6.07) is 5.56. The maximum atomic E-state index is 12.7. The van der Waals surface area contributed by atoms with E-state index >= 15 is 0 Å². The Hall–Kier alpha value is -2.57. The molecule has 0 atom stereocenters. The number of aromatic hydroxyl groups is 1. The lowest BCUT2D eigenvalue weighted by molar-refractivity contribution is 0.0987. The molecule has 0 unspecified atom stereocenters. The zero-order chi connectivity index (χ0) is 13.8. The Labute approximate surface area is 108 Å². The van der Waals surface area contributed by atoms with Gasteiger partial charge in [0.05, 0.1) is 12.9 Å². The number of amides is 1. The third-order valence-corrected chi connectivity index (χ3v) is 2.47. The van der Waals surface area contributed by atoms with Crippen LogP contribution in [0.5, 0.6) is 11.6 Å². The van der Waals surface area contributed by atoms with Gasteiger partial charge in [-0.25, -0.2) is 9.37 Å². The number of primary amides is 1. The van der Waals surface area contributed by atoms with Crippen LogP contribution < -0.4 is 10.5 Å². The lowest BCUT2D eigenvalue weighted by atomic mass is 10.3. The summed E-state index contributed by atoms with van der Waals surface area (Å²) in [7, 11) is 0. The largest absolute Gasteiger partial charge is 0.492 e. The molecule has 19 heavy (non-hydrogen) atoms. The zero-order valence-electron chi connectivity index (χ0n) is 9.91. The van der Waals surface area contributed by atoms with Crippen LogP contribution in [0.25, 0.3) is 0 Å². The molecule has 1 aromatic carbocycles. The lowest BCUT2D eigenvalue weighted by Gasteiger charge is -2.08. The van der Waals surface area contributed by atoms with Gasteiger partial charge in [0.2, 0.25) is 5.88 Å². The molecule has 7 heteroatoms. The van der Waals surface area contributed by atoms with Crippen LogP contribution in [0.15, 0.2) is 30.6 Å². The first-order chi connectivity index (χ1) is 9.08. The van der Waals surface area contributed by atoms with Crippen molar-refractivity contribution in [2.75, 3.05) is 6.61 Å². The number of rotatable bonds is 5. The van der Waals surface area contributed by atoms with Gasteiger partial charge in [0.15, 0.2) is 5.69 Å². The number of aromatic nitrogens is 2. The number of carbonyl (C=O) groups excluding carboxylic acids is 1. The molecule has 2 rings (SSSR count). The number of nitrogens with two attached hydrogens (primary N) is 1. The molecule has 0 spiro atoms. The molecule has 0 aliphatic rings. The molecule has 1 heterocycles. The van der Waals surface area contributed by atoms with Crippen molar-refractivity contribution in [3.63, 3.8) is 0 Å². The minimum atomic E-state index is -0.767. The van der Waals surface area contributed by atoms with Gasteiger partial charge in [0, 0.05) is 0 Å². The minimum absolute atomic E-state index is 0.0669. The highest BCUT2D eigenvalue weighted by molar-refractivity contribution is 5.93. The number of ether oxygens (including phenoxy) is 1. The summed E-state index contributed by atoms with van der Waals surface area (Å²) in [5, 5.41) is 9.33. The Morgan fingerprint density at radius 3 is 2.74 bits per heavy atom. The fourth-order valence-corrected chi connectivity index (χ4v) is 1.59. The van der Waals surface area contributed by atoms with E-state index in [0.717, 1.165) is 0 Å². The van der Waals surface area contributed by atoms with Crippen LogP contribution in [-0.2, 0) is 6.54 Å². The number of halogens is 1. The van der Waals surface area contributed by atoms with Crippen LogP contribution in [0.1, 0.15) is 10.5 Å². The molecule has 0 radical (unpaired) electrons. The maximum Gasteiger partial charge on any atom is 0.271 e. The van der Waals surface area contributed by atoms with Crippen LogP contribution in [0.3, 0.4) is 0 Å². The molecule has 100 valence electrons. The molecule has 0 aliphatic heterocycles. The number of carbonyl (C=O) groups is 1. The van der Waals surface area contributed by atoms with Gasteiger partial charge in [-0.3, -0.25) is 4.79 Å². The van der Waals surface area contributed by atoms with E-state index in [1.165, 1.54) is 35.2 Å². The SMILES string of the molecule is NC(=O)c1c(O)ncn1CCOc1ccc(F)cc1. The molecule has 0 aliphatic carbocycles. The van der Waals surface area contributed by atoms with Gasteiger partial charge in [0.25, 0.3) is 5.91 Å². The molecule has 0 fully saturated rings. The summed E-state index contributed by atoms with van der Waals surface area (Å²) in [5.74, 6) is -1.01. The Bertz CT molecular complexity index is 580. The van der Waals surface area contributed by atoms with Crippen molar-refractivity contribution in [1.29, 1.82) is 0 Å². The number of hydrogen-bond donors (Lipinski definition) is 2. The number of benzene rings is 1. The van der Waals surface area contributed by atoms with E-state index in [1.807, 2.05) is 0 Å². The van der Waals surface area contributed by atoms with Gasteiger partial charge in [-0.1, -0.05) is 0 Å². The van der Waals surface area contributed by atoms with Crippen LogP contribution in [0.2, 0.25) is 0 Å². The van der Waals surface area contributed by atoms with E-state index in [0.29, 0.717) is 5.75 Å². The monoisotopic (exact) mass is 265 g/mol. The van der Waals surface area contributed by atoms with Crippen LogP contribution in [0, 0.1) is 5.82 Å². The van der Waals surface area contributed by atoms with Crippen molar-refractivity contribution in [3.8, 4) is 11.6 Å². The first-order valence-electron chi connectivity index (χ1n) is 5.50. The molecule has 0 bridgehead atoms. The molecule has 0 saturated heterocycles. The third-order valence-electron chi connectivity index (χ3n) is 2.47. The van der Waals surface area contributed by atoms with Crippen molar-refractivity contribution in [2.45, 2.75) is 6.54 Å². The summed E-state index contributed by atoms with van der Waals surface area (Å²) in [6.45, 7) is 0.505. The van der Waals surface area contributed by atoms with Gasteiger partial charge >= 0.3 is 0 Å². The van der Waals surface area contributed by atoms with Gasteiger partial charge in [-0.05, 0) is 24.3 Å². The topological polar surface area (TPSA) is 90.4 Å². The van der Waals surface area contributed by atoms with E-state index in [4.69, 9.17) is 10.5 Å². The fraction of sp³-hybridized carbons (Fsp3) is 0.167. The van der Waals surface area contributed by atoms with Crippen molar-refractivity contribution < 1.29 is 19.0 Å². The zero-order valence-corrected chi connectivity index (χ0v) is 9.91. The molecule has 0 saturated carbocycles. The Kier molecular flexibility index (Phi) is 3.65. The van der Waals surface area contributed by atoms with Gasteiger partial charge in [-0.15, -0.1) is 0 Å². The molecule has 1 amide bonds. The smallest absolute Gasteiger partial charge is 0.271 e. The Balaban J connectivity index is 1.96. The predicted molar refractivity (Wildman–Crippen MR) is 64.3 cm³/mol. The molecule has 3 N–H and O–H groups in total. The van der Waals surface area contributed by atoms with Gasteiger partial charge in [0.1, 0.15) is 18.2 Å². The second-order valence-corrected chi connectivity index (χ2v) is 3.78. The summed E-state index contributed by atoms with van der Waals surface area (Å²) < 4.78 is 19.4. The fourth-order valence-electron chi connectivity index (χ4n) is 1.59. The van der Waals surface area contributed by atoms with E-state index in [9.17, 15) is 14.3 Å². The second kappa shape index (κ2) is 5.38. The molecule has 2 aromatic rings. The first-order valence-corrected chi connectivity index (χ1v) is 5.50. The summed E-state index contributed by atoms with van der Waals surface area (Å²) in [6.07, 6.45) is 1.30. The number of hydrogen-bond acceptors (Lipinski definition) is 4. The third kappa shape index (κ3) is 3.01. The van der Waals surface area contributed by atoms with E-state index < -0.39 is 11.8 Å².